The van der Waals surface area contributed by atoms with Crippen LogP contribution >= 0.6 is 0 Å². The van der Waals surface area contributed by atoms with Gasteiger partial charge in [-0.3, -0.25) is 9.78 Å². The minimum absolute atomic E-state index is 0.269. The maximum atomic E-state index is 12.8. The Morgan fingerprint density at radius 2 is 2.04 bits per heavy atom. The number of nitrogens with zero attached hydrogens (tertiary/aromatic N) is 1. The van der Waals surface area contributed by atoms with Crippen LogP contribution in [0.2, 0.25) is 0 Å². The molecule has 0 radical (unpaired) electrons. The molecule has 0 saturated heterocycles. The van der Waals surface area contributed by atoms with Gasteiger partial charge < -0.3 is 15.4 Å². The smallest absolute Gasteiger partial charge is 0.270 e. The lowest BCUT2D eigenvalue weighted by molar-refractivity contribution is 0.0946. The van der Waals surface area contributed by atoms with Crippen LogP contribution in [-0.4, -0.2) is 31.2 Å². The molecule has 0 aliphatic rings. The van der Waals surface area contributed by atoms with Crippen molar-refractivity contribution in [2.24, 2.45) is 0 Å². The zero-order valence-electron chi connectivity index (χ0n) is 13.0. The molecule has 0 fully saturated rings. The molecule has 0 atom stereocenters. The van der Waals surface area contributed by atoms with Gasteiger partial charge in [0.2, 0.25) is 0 Å². The number of halogens is 1. The largest absolute Gasteiger partial charge is 0.385 e. The molecule has 0 aliphatic heterocycles. The van der Waals surface area contributed by atoms with E-state index in [1.807, 2.05) is 6.07 Å². The Hall–Kier alpha value is -2.47. The van der Waals surface area contributed by atoms with Crippen LogP contribution in [0.15, 0.2) is 42.6 Å². The third kappa shape index (κ3) is 5.67. The predicted octanol–water partition coefficient (Wildman–Crippen LogP) is 2.60. The summed E-state index contributed by atoms with van der Waals surface area (Å²) >= 11 is 0. The Labute approximate surface area is 134 Å². The molecule has 0 unspecified atom stereocenters. The summed E-state index contributed by atoms with van der Waals surface area (Å²) in [6, 6.07) is 9.51. The highest BCUT2D eigenvalue weighted by Gasteiger charge is 2.07. The van der Waals surface area contributed by atoms with Crippen molar-refractivity contribution in [1.29, 1.82) is 0 Å². The number of benzene rings is 1. The molecule has 0 bridgehead atoms. The first-order valence-electron chi connectivity index (χ1n) is 7.40. The molecule has 0 saturated carbocycles. The summed E-state index contributed by atoms with van der Waals surface area (Å²) < 4.78 is 17.8. The van der Waals surface area contributed by atoms with Gasteiger partial charge in [-0.1, -0.05) is 12.1 Å². The zero-order chi connectivity index (χ0) is 16.5. The molecule has 2 aromatic rings. The third-order valence-electron chi connectivity index (χ3n) is 3.21. The summed E-state index contributed by atoms with van der Waals surface area (Å²) in [7, 11) is 1.66. The standard InChI is InChI=1S/C17H20FN3O2/c1-23-10-2-8-19-15-7-9-20-16(11-15)17(22)21-12-13-3-5-14(18)6-4-13/h3-7,9,11H,2,8,10,12H2,1H3,(H,19,20)(H,21,22). The molecule has 0 aliphatic carbocycles. The van der Waals surface area contributed by atoms with Crippen molar-refractivity contribution < 1.29 is 13.9 Å². The second kappa shape index (κ2) is 8.85. The number of anilines is 1. The highest BCUT2D eigenvalue weighted by Crippen LogP contribution is 2.08. The van der Waals surface area contributed by atoms with Crippen molar-refractivity contribution in [1.82, 2.24) is 10.3 Å². The second-order valence-electron chi connectivity index (χ2n) is 5.01. The minimum atomic E-state index is -0.297. The first-order chi connectivity index (χ1) is 11.2. The van der Waals surface area contributed by atoms with Crippen LogP contribution < -0.4 is 10.6 Å². The van der Waals surface area contributed by atoms with Crippen LogP contribution in [0, 0.1) is 5.82 Å². The van der Waals surface area contributed by atoms with Gasteiger partial charge in [0.1, 0.15) is 11.5 Å². The summed E-state index contributed by atoms with van der Waals surface area (Å²) in [5.41, 5.74) is 2.00. The number of carbonyl (C=O) groups is 1. The molecule has 1 aromatic carbocycles. The molecule has 122 valence electrons. The van der Waals surface area contributed by atoms with E-state index in [1.165, 1.54) is 12.1 Å². The van der Waals surface area contributed by atoms with Crippen LogP contribution in [0.1, 0.15) is 22.5 Å². The number of hydrogen-bond acceptors (Lipinski definition) is 4. The van der Waals surface area contributed by atoms with E-state index in [1.54, 1.807) is 31.5 Å². The summed E-state index contributed by atoms with van der Waals surface area (Å²) in [6.45, 7) is 1.77. The summed E-state index contributed by atoms with van der Waals surface area (Å²) in [6.07, 6.45) is 2.47. The molecular formula is C17H20FN3O2. The first kappa shape index (κ1) is 16.9. The van der Waals surface area contributed by atoms with E-state index in [4.69, 9.17) is 4.74 Å². The van der Waals surface area contributed by atoms with Crippen molar-refractivity contribution in [2.45, 2.75) is 13.0 Å². The first-order valence-corrected chi connectivity index (χ1v) is 7.40. The van der Waals surface area contributed by atoms with E-state index in [0.717, 1.165) is 24.2 Å². The molecule has 0 spiro atoms. The quantitative estimate of drug-likeness (QED) is 0.735. The molecule has 6 heteroatoms. The highest BCUT2D eigenvalue weighted by atomic mass is 19.1. The van der Waals surface area contributed by atoms with E-state index < -0.39 is 0 Å². The van der Waals surface area contributed by atoms with Gasteiger partial charge >= 0.3 is 0 Å². The van der Waals surface area contributed by atoms with Gasteiger partial charge in [0.25, 0.3) is 5.91 Å². The number of ether oxygens (including phenoxy) is 1. The summed E-state index contributed by atoms with van der Waals surface area (Å²) in [4.78, 5) is 16.2. The number of methoxy groups -OCH3 is 1. The van der Waals surface area contributed by atoms with E-state index >= 15 is 0 Å². The zero-order valence-corrected chi connectivity index (χ0v) is 13.0. The van der Waals surface area contributed by atoms with Crippen molar-refractivity contribution in [3.05, 3.63) is 59.7 Å². The number of rotatable bonds is 8. The SMILES string of the molecule is COCCCNc1ccnc(C(=O)NCc2ccc(F)cc2)c1. The summed E-state index contributed by atoms with van der Waals surface area (Å²) in [5.74, 6) is -0.566. The number of hydrogen-bond donors (Lipinski definition) is 2. The number of nitrogens with one attached hydrogen (secondary N) is 2. The maximum absolute atomic E-state index is 12.8. The van der Waals surface area contributed by atoms with Crippen molar-refractivity contribution >= 4 is 11.6 Å². The number of amides is 1. The van der Waals surface area contributed by atoms with Gasteiger partial charge in [0.15, 0.2) is 0 Å². The number of pyridine rings is 1. The predicted molar refractivity (Wildman–Crippen MR) is 86.8 cm³/mol. The monoisotopic (exact) mass is 317 g/mol. The fraction of sp³-hybridized carbons (Fsp3) is 0.294. The van der Waals surface area contributed by atoms with Gasteiger partial charge in [-0.2, -0.15) is 0 Å². The van der Waals surface area contributed by atoms with Crippen LogP contribution in [0.3, 0.4) is 0 Å². The molecular weight excluding hydrogens is 297 g/mol. The summed E-state index contributed by atoms with van der Waals surface area (Å²) in [5, 5.41) is 5.98. The normalized spacial score (nSPS) is 10.3. The van der Waals surface area contributed by atoms with Crippen molar-refractivity contribution in [3.63, 3.8) is 0 Å². The lowest BCUT2D eigenvalue weighted by Gasteiger charge is -2.08. The lowest BCUT2D eigenvalue weighted by atomic mass is 10.2. The average molecular weight is 317 g/mol. The van der Waals surface area contributed by atoms with Gasteiger partial charge in [-0.15, -0.1) is 0 Å². The molecule has 1 amide bonds. The molecule has 1 aromatic heterocycles. The van der Waals surface area contributed by atoms with E-state index in [-0.39, 0.29) is 11.7 Å². The Morgan fingerprint density at radius 3 is 2.78 bits per heavy atom. The molecule has 2 N–H and O–H groups in total. The highest BCUT2D eigenvalue weighted by molar-refractivity contribution is 5.93. The van der Waals surface area contributed by atoms with E-state index in [0.29, 0.717) is 18.8 Å². The molecule has 2 rings (SSSR count). The van der Waals surface area contributed by atoms with E-state index in [9.17, 15) is 9.18 Å². The molecule has 5 nitrogen and oxygen atoms in total. The van der Waals surface area contributed by atoms with Crippen LogP contribution in [-0.2, 0) is 11.3 Å². The molecule has 23 heavy (non-hydrogen) atoms. The minimum Gasteiger partial charge on any atom is -0.385 e. The number of aromatic nitrogens is 1. The topological polar surface area (TPSA) is 63.2 Å². The van der Waals surface area contributed by atoms with Crippen molar-refractivity contribution in [3.8, 4) is 0 Å². The fourth-order valence-corrected chi connectivity index (χ4v) is 1.99. The Kier molecular flexibility index (Phi) is 6.50. The van der Waals surface area contributed by atoms with Crippen molar-refractivity contribution in [2.75, 3.05) is 25.6 Å². The van der Waals surface area contributed by atoms with Gasteiger partial charge in [-0.25, -0.2) is 4.39 Å². The maximum Gasteiger partial charge on any atom is 0.270 e. The van der Waals surface area contributed by atoms with Crippen LogP contribution in [0.5, 0.6) is 0 Å². The van der Waals surface area contributed by atoms with Crippen LogP contribution in [0.4, 0.5) is 10.1 Å². The van der Waals surface area contributed by atoms with E-state index in [2.05, 4.69) is 15.6 Å². The number of carbonyl (C=O) groups excluding carboxylic acids is 1. The fourth-order valence-electron chi connectivity index (χ4n) is 1.99. The Balaban J connectivity index is 1.87. The van der Waals surface area contributed by atoms with Crippen LogP contribution in [0.25, 0.3) is 0 Å². The third-order valence-corrected chi connectivity index (χ3v) is 3.21. The van der Waals surface area contributed by atoms with Gasteiger partial charge in [0, 0.05) is 38.7 Å². The van der Waals surface area contributed by atoms with Gasteiger partial charge in [0.05, 0.1) is 0 Å². The second-order valence-corrected chi connectivity index (χ2v) is 5.01. The molecule has 1 heterocycles. The Morgan fingerprint density at radius 1 is 1.26 bits per heavy atom. The Bertz CT molecular complexity index is 632. The average Bonchev–Trinajstić information content (AvgIpc) is 2.58. The lowest BCUT2D eigenvalue weighted by Crippen LogP contribution is -2.23. The van der Waals surface area contributed by atoms with Gasteiger partial charge in [-0.05, 0) is 36.2 Å².